The van der Waals surface area contributed by atoms with Crippen molar-refractivity contribution >= 4 is 11.9 Å². The quantitative estimate of drug-likeness (QED) is 0.805. The van der Waals surface area contributed by atoms with Crippen molar-refractivity contribution in [1.82, 2.24) is 10.2 Å². The number of carboxylic acid groups (broad SMARTS) is 1. The summed E-state index contributed by atoms with van der Waals surface area (Å²) >= 11 is 0. The van der Waals surface area contributed by atoms with Crippen LogP contribution in [0.15, 0.2) is 53.1 Å². The van der Waals surface area contributed by atoms with E-state index in [0.717, 1.165) is 11.3 Å². The van der Waals surface area contributed by atoms with Crippen LogP contribution in [0, 0.1) is 0 Å². The summed E-state index contributed by atoms with van der Waals surface area (Å²) < 4.78 is 5.25. The lowest BCUT2D eigenvalue weighted by molar-refractivity contribution is -0.143. The summed E-state index contributed by atoms with van der Waals surface area (Å²) in [7, 11) is 0. The Balaban J connectivity index is 1.63. The highest BCUT2D eigenvalue weighted by molar-refractivity contribution is 5.84. The van der Waals surface area contributed by atoms with E-state index in [1.165, 1.54) is 0 Å². The Morgan fingerprint density at radius 3 is 2.56 bits per heavy atom. The second-order valence-electron chi connectivity index (χ2n) is 6.23. The van der Waals surface area contributed by atoms with E-state index < -0.39 is 18.1 Å². The van der Waals surface area contributed by atoms with Gasteiger partial charge in [0.2, 0.25) is 5.91 Å². The molecule has 1 aromatic heterocycles. The molecule has 1 aromatic carbocycles. The highest BCUT2D eigenvalue weighted by Crippen LogP contribution is 2.26. The molecule has 0 aliphatic carbocycles. The zero-order valence-electron chi connectivity index (χ0n) is 13.9. The molecule has 6 nitrogen and oxygen atoms in total. The van der Waals surface area contributed by atoms with E-state index >= 15 is 0 Å². The normalized spacial score (nSPS) is 20.5. The van der Waals surface area contributed by atoms with E-state index in [-0.39, 0.29) is 5.91 Å². The molecule has 0 saturated carbocycles. The number of hydrogen-bond donors (Lipinski definition) is 2. The van der Waals surface area contributed by atoms with Crippen LogP contribution in [0.5, 0.6) is 0 Å². The molecule has 2 aromatic rings. The number of amides is 1. The van der Waals surface area contributed by atoms with Crippen molar-refractivity contribution in [2.45, 2.75) is 37.9 Å². The predicted molar refractivity (Wildman–Crippen MR) is 91.9 cm³/mol. The van der Waals surface area contributed by atoms with E-state index in [2.05, 4.69) is 5.32 Å². The van der Waals surface area contributed by atoms with Crippen LogP contribution < -0.4 is 5.32 Å². The van der Waals surface area contributed by atoms with Gasteiger partial charge in [0.05, 0.1) is 12.3 Å². The van der Waals surface area contributed by atoms with E-state index in [1.807, 2.05) is 42.5 Å². The predicted octanol–water partition coefficient (Wildman–Crippen LogP) is 2.06. The molecule has 0 bridgehead atoms. The van der Waals surface area contributed by atoms with E-state index in [9.17, 15) is 14.7 Å². The van der Waals surface area contributed by atoms with Crippen LogP contribution in [0.25, 0.3) is 0 Å². The van der Waals surface area contributed by atoms with Gasteiger partial charge < -0.3 is 14.8 Å². The van der Waals surface area contributed by atoms with Crippen molar-refractivity contribution in [2.24, 2.45) is 0 Å². The summed E-state index contributed by atoms with van der Waals surface area (Å²) in [6.45, 7) is 0.924. The van der Waals surface area contributed by atoms with Gasteiger partial charge in [-0.1, -0.05) is 30.3 Å². The lowest BCUT2D eigenvalue weighted by Crippen LogP contribution is -2.48. The van der Waals surface area contributed by atoms with Crippen LogP contribution in [0.4, 0.5) is 0 Å². The topological polar surface area (TPSA) is 82.8 Å². The lowest BCUT2D eigenvalue weighted by Gasteiger charge is -2.27. The number of rotatable bonds is 7. The third-order valence-electron chi connectivity index (χ3n) is 4.56. The number of aliphatic carboxylic acids is 1. The van der Waals surface area contributed by atoms with Crippen molar-refractivity contribution < 1.29 is 19.1 Å². The fourth-order valence-electron chi connectivity index (χ4n) is 3.31. The van der Waals surface area contributed by atoms with Gasteiger partial charge in [-0.05, 0) is 30.5 Å². The van der Waals surface area contributed by atoms with Gasteiger partial charge in [-0.25, -0.2) is 0 Å². The molecule has 1 amide bonds. The van der Waals surface area contributed by atoms with Gasteiger partial charge in [0.25, 0.3) is 0 Å². The average molecular weight is 342 g/mol. The molecule has 1 fully saturated rings. The van der Waals surface area contributed by atoms with Gasteiger partial charge >= 0.3 is 5.97 Å². The highest BCUT2D eigenvalue weighted by atomic mass is 16.4. The zero-order chi connectivity index (χ0) is 17.6. The minimum absolute atomic E-state index is 0.119. The van der Waals surface area contributed by atoms with Crippen LogP contribution in [0.3, 0.4) is 0 Å². The number of benzene rings is 1. The first-order valence-corrected chi connectivity index (χ1v) is 8.47. The number of nitrogens with one attached hydrogen (secondary N) is 1. The summed E-state index contributed by atoms with van der Waals surface area (Å²) in [5.74, 6) is -0.177. The summed E-state index contributed by atoms with van der Waals surface area (Å²) in [5.41, 5.74) is 1.00. The summed E-state index contributed by atoms with van der Waals surface area (Å²) in [6.07, 6.45) is 3.26. The summed E-state index contributed by atoms with van der Waals surface area (Å²) in [4.78, 5) is 25.9. The molecular weight excluding hydrogens is 320 g/mol. The molecule has 132 valence electrons. The fraction of sp³-hybridized carbons (Fsp3) is 0.368. The van der Waals surface area contributed by atoms with Crippen LogP contribution in [0.2, 0.25) is 0 Å². The van der Waals surface area contributed by atoms with E-state index in [1.54, 1.807) is 11.2 Å². The van der Waals surface area contributed by atoms with Crippen LogP contribution >= 0.6 is 0 Å². The van der Waals surface area contributed by atoms with Gasteiger partial charge in [0.1, 0.15) is 11.8 Å². The van der Waals surface area contributed by atoms with Crippen LogP contribution in [0.1, 0.15) is 24.2 Å². The first kappa shape index (κ1) is 17.2. The van der Waals surface area contributed by atoms with Gasteiger partial charge in [0, 0.05) is 19.5 Å². The Morgan fingerprint density at radius 2 is 1.88 bits per heavy atom. The Kier molecular flexibility index (Phi) is 5.50. The van der Waals surface area contributed by atoms with Gasteiger partial charge in [0.15, 0.2) is 0 Å². The lowest BCUT2D eigenvalue weighted by atomic mass is 10.1. The number of furan rings is 1. The van der Waals surface area contributed by atoms with E-state index in [4.69, 9.17) is 4.42 Å². The second-order valence-corrected chi connectivity index (χ2v) is 6.23. The number of carbonyl (C=O) groups excluding carboxylic acids is 1. The molecule has 2 heterocycles. The summed E-state index contributed by atoms with van der Waals surface area (Å²) in [5, 5.41) is 12.4. The average Bonchev–Trinajstić information content (AvgIpc) is 3.25. The molecule has 6 heteroatoms. The molecular formula is C19H22N2O4. The van der Waals surface area contributed by atoms with Crippen LogP contribution in [-0.4, -0.2) is 40.5 Å². The van der Waals surface area contributed by atoms with Gasteiger partial charge in [-0.2, -0.15) is 0 Å². The standard InChI is InChI=1S/C19H22N2O4/c22-18(20-11-10-15-7-4-12-25-15)16-8-9-17(19(23)24)21(16)13-14-5-2-1-3-6-14/h1-7,12,16-17H,8-11,13H2,(H,20,22)(H,23,24). The number of carboxylic acids is 1. The number of hydrogen-bond acceptors (Lipinski definition) is 4. The molecule has 1 saturated heterocycles. The van der Waals surface area contributed by atoms with Crippen molar-refractivity contribution in [3.8, 4) is 0 Å². The summed E-state index contributed by atoms with van der Waals surface area (Å²) in [6, 6.07) is 12.3. The minimum atomic E-state index is -0.873. The van der Waals surface area contributed by atoms with Crippen molar-refractivity contribution in [3.63, 3.8) is 0 Å². The third-order valence-corrected chi connectivity index (χ3v) is 4.56. The maximum absolute atomic E-state index is 12.6. The molecule has 0 spiro atoms. The SMILES string of the molecule is O=C(O)C1CCC(C(=O)NCCc2ccco2)N1Cc1ccccc1. The Bertz CT molecular complexity index is 699. The van der Waals surface area contributed by atoms with Crippen LogP contribution in [-0.2, 0) is 22.6 Å². The maximum atomic E-state index is 12.6. The first-order chi connectivity index (χ1) is 12.1. The largest absolute Gasteiger partial charge is 0.480 e. The number of nitrogens with zero attached hydrogens (tertiary/aromatic N) is 1. The van der Waals surface area contributed by atoms with Crippen molar-refractivity contribution in [3.05, 3.63) is 60.1 Å². The molecule has 2 unspecified atom stereocenters. The molecule has 25 heavy (non-hydrogen) atoms. The third kappa shape index (κ3) is 4.28. The maximum Gasteiger partial charge on any atom is 0.320 e. The van der Waals surface area contributed by atoms with Crippen molar-refractivity contribution in [2.75, 3.05) is 6.54 Å². The molecule has 2 atom stereocenters. The van der Waals surface area contributed by atoms with Gasteiger partial charge in [-0.3, -0.25) is 14.5 Å². The Hall–Kier alpha value is -2.60. The monoisotopic (exact) mass is 342 g/mol. The fourth-order valence-corrected chi connectivity index (χ4v) is 3.31. The van der Waals surface area contributed by atoms with Crippen molar-refractivity contribution in [1.29, 1.82) is 0 Å². The smallest absolute Gasteiger partial charge is 0.320 e. The second kappa shape index (κ2) is 7.98. The van der Waals surface area contributed by atoms with Gasteiger partial charge in [-0.15, -0.1) is 0 Å². The van der Waals surface area contributed by atoms with E-state index in [0.29, 0.717) is 32.4 Å². The number of likely N-dealkylation sites (tertiary alicyclic amines) is 1. The molecule has 2 N–H and O–H groups in total. The highest BCUT2D eigenvalue weighted by Gasteiger charge is 2.41. The zero-order valence-corrected chi connectivity index (χ0v) is 13.9. The molecule has 1 aliphatic rings. The minimum Gasteiger partial charge on any atom is -0.480 e. The Labute approximate surface area is 146 Å². The number of carbonyl (C=O) groups is 2. The molecule has 3 rings (SSSR count). The molecule has 1 aliphatic heterocycles. The first-order valence-electron chi connectivity index (χ1n) is 8.47. The molecule has 0 radical (unpaired) electrons. The Morgan fingerprint density at radius 1 is 1.12 bits per heavy atom.